The Bertz CT molecular complexity index is 265. The fourth-order valence-electron chi connectivity index (χ4n) is 1.38. The van der Waals surface area contributed by atoms with Crippen LogP contribution in [0.15, 0.2) is 3.92 Å². The standard InChI is InChI=1S/C10H18BrN3S/c1-2-3-4-5-6-7-8-12-10-14-13-9(11)15-10/h2-8H2,1H3,(H,12,14). The van der Waals surface area contributed by atoms with Crippen LogP contribution in [0, 0.1) is 0 Å². The second kappa shape index (κ2) is 8.05. The van der Waals surface area contributed by atoms with E-state index in [1.54, 1.807) is 11.3 Å². The minimum atomic E-state index is 0.841. The summed E-state index contributed by atoms with van der Waals surface area (Å²) >= 11 is 4.83. The molecule has 0 saturated heterocycles. The predicted molar refractivity (Wildman–Crippen MR) is 69.5 cm³/mol. The van der Waals surface area contributed by atoms with E-state index in [4.69, 9.17) is 0 Å². The van der Waals surface area contributed by atoms with Crippen LogP contribution < -0.4 is 5.32 Å². The van der Waals surface area contributed by atoms with Gasteiger partial charge in [0.05, 0.1) is 0 Å². The zero-order valence-corrected chi connectivity index (χ0v) is 11.5. The van der Waals surface area contributed by atoms with Crippen LogP contribution in [0.25, 0.3) is 0 Å². The van der Waals surface area contributed by atoms with Gasteiger partial charge in [0.25, 0.3) is 0 Å². The highest BCUT2D eigenvalue weighted by Crippen LogP contribution is 2.19. The lowest BCUT2D eigenvalue weighted by Crippen LogP contribution is -2.00. The lowest BCUT2D eigenvalue weighted by molar-refractivity contribution is 0.617. The first-order chi connectivity index (χ1) is 7.33. The van der Waals surface area contributed by atoms with E-state index in [-0.39, 0.29) is 0 Å². The summed E-state index contributed by atoms with van der Waals surface area (Å²) in [5, 5.41) is 12.0. The summed E-state index contributed by atoms with van der Waals surface area (Å²) in [7, 11) is 0. The monoisotopic (exact) mass is 291 g/mol. The summed E-state index contributed by atoms with van der Waals surface area (Å²) in [4.78, 5) is 0. The van der Waals surface area contributed by atoms with Gasteiger partial charge in [0.2, 0.25) is 5.13 Å². The summed E-state index contributed by atoms with van der Waals surface area (Å²) in [6, 6.07) is 0. The number of aromatic nitrogens is 2. The van der Waals surface area contributed by atoms with Crippen molar-refractivity contribution < 1.29 is 0 Å². The molecular weight excluding hydrogens is 274 g/mol. The first kappa shape index (κ1) is 12.9. The molecule has 0 aliphatic rings. The number of nitrogens with one attached hydrogen (secondary N) is 1. The Morgan fingerprint density at radius 3 is 2.53 bits per heavy atom. The van der Waals surface area contributed by atoms with Crippen LogP contribution in [-0.4, -0.2) is 16.7 Å². The Kier molecular flexibility index (Phi) is 6.92. The smallest absolute Gasteiger partial charge is 0.206 e. The number of nitrogens with zero attached hydrogens (tertiary/aromatic N) is 2. The Morgan fingerprint density at radius 2 is 1.87 bits per heavy atom. The van der Waals surface area contributed by atoms with Gasteiger partial charge in [0.1, 0.15) is 0 Å². The quantitative estimate of drug-likeness (QED) is 0.734. The van der Waals surface area contributed by atoms with Crippen molar-refractivity contribution in [2.24, 2.45) is 0 Å². The van der Waals surface area contributed by atoms with Gasteiger partial charge in [-0.3, -0.25) is 0 Å². The molecule has 0 aliphatic heterocycles. The molecule has 0 atom stereocenters. The van der Waals surface area contributed by atoms with Crippen molar-refractivity contribution in [3.05, 3.63) is 3.92 Å². The number of rotatable bonds is 8. The maximum atomic E-state index is 3.97. The Balaban J connectivity index is 1.93. The number of anilines is 1. The van der Waals surface area contributed by atoms with Crippen molar-refractivity contribution >= 4 is 32.4 Å². The Morgan fingerprint density at radius 1 is 1.13 bits per heavy atom. The fourth-order valence-corrected chi connectivity index (χ4v) is 2.41. The van der Waals surface area contributed by atoms with Crippen molar-refractivity contribution in [2.45, 2.75) is 45.4 Å². The molecule has 0 fully saturated rings. The van der Waals surface area contributed by atoms with Crippen LogP contribution in [-0.2, 0) is 0 Å². The molecule has 0 saturated carbocycles. The molecule has 1 N–H and O–H groups in total. The Hall–Kier alpha value is -0.160. The number of hydrogen-bond acceptors (Lipinski definition) is 4. The molecule has 0 unspecified atom stereocenters. The average molecular weight is 292 g/mol. The minimum Gasteiger partial charge on any atom is -0.360 e. The summed E-state index contributed by atoms with van der Waals surface area (Å²) in [5.74, 6) is 0. The van der Waals surface area contributed by atoms with E-state index in [1.807, 2.05) is 0 Å². The minimum absolute atomic E-state index is 0.841. The van der Waals surface area contributed by atoms with Gasteiger partial charge in [-0.05, 0) is 22.4 Å². The van der Waals surface area contributed by atoms with Gasteiger partial charge in [0.15, 0.2) is 3.92 Å². The molecule has 0 spiro atoms. The molecule has 1 aromatic heterocycles. The van der Waals surface area contributed by atoms with E-state index >= 15 is 0 Å². The van der Waals surface area contributed by atoms with Gasteiger partial charge in [-0.2, -0.15) is 0 Å². The maximum Gasteiger partial charge on any atom is 0.206 e. The summed E-state index contributed by atoms with van der Waals surface area (Å²) in [5.41, 5.74) is 0. The van der Waals surface area contributed by atoms with Gasteiger partial charge in [0, 0.05) is 6.54 Å². The zero-order valence-electron chi connectivity index (χ0n) is 9.13. The molecule has 15 heavy (non-hydrogen) atoms. The summed E-state index contributed by atoms with van der Waals surface area (Å²) in [6.45, 7) is 3.25. The van der Waals surface area contributed by atoms with Crippen molar-refractivity contribution in [2.75, 3.05) is 11.9 Å². The summed E-state index contributed by atoms with van der Waals surface area (Å²) in [6.07, 6.45) is 7.96. The number of halogens is 1. The molecule has 0 aliphatic carbocycles. The van der Waals surface area contributed by atoms with E-state index in [1.165, 1.54) is 38.5 Å². The van der Waals surface area contributed by atoms with E-state index in [0.29, 0.717) is 0 Å². The summed E-state index contributed by atoms with van der Waals surface area (Å²) < 4.78 is 0.841. The molecule has 0 bridgehead atoms. The molecular formula is C10H18BrN3S. The van der Waals surface area contributed by atoms with E-state index in [2.05, 4.69) is 38.4 Å². The first-order valence-corrected chi connectivity index (χ1v) is 7.16. The molecule has 0 amide bonds. The van der Waals surface area contributed by atoms with Gasteiger partial charge in [-0.1, -0.05) is 50.4 Å². The highest BCUT2D eigenvalue weighted by atomic mass is 79.9. The van der Waals surface area contributed by atoms with Gasteiger partial charge < -0.3 is 5.32 Å². The average Bonchev–Trinajstić information content (AvgIpc) is 2.63. The third kappa shape index (κ3) is 6.10. The van der Waals surface area contributed by atoms with Gasteiger partial charge in [-0.25, -0.2) is 0 Å². The van der Waals surface area contributed by atoms with Crippen LogP contribution in [0.1, 0.15) is 45.4 Å². The zero-order chi connectivity index (χ0) is 10.9. The van der Waals surface area contributed by atoms with Crippen LogP contribution in [0.5, 0.6) is 0 Å². The van der Waals surface area contributed by atoms with Crippen LogP contribution >= 0.6 is 27.3 Å². The highest BCUT2D eigenvalue weighted by molar-refractivity contribution is 9.11. The largest absolute Gasteiger partial charge is 0.360 e. The van der Waals surface area contributed by atoms with E-state index < -0.39 is 0 Å². The first-order valence-electron chi connectivity index (χ1n) is 5.56. The van der Waals surface area contributed by atoms with Crippen molar-refractivity contribution in [1.29, 1.82) is 0 Å². The third-order valence-corrected chi connectivity index (χ3v) is 3.52. The molecule has 3 nitrogen and oxygen atoms in total. The highest BCUT2D eigenvalue weighted by Gasteiger charge is 1.98. The molecule has 0 radical (unpaired) electrons. The van der Waals surface area contributed by atoms with Gasteiger partial charge in [-0.15, -0.1) is 10.2 Å². The maximum absolute atomic E-state index is 3.97. The van der Waals surface area contributed by atoms with Crippen molar-refractivity contribution in [1.82, 2.24) is 10.2 Å². The van der Waals surface area contributed by atoms with E-state index in [9.17, 15) is 0 Å². The molecule has 1 rings (SSSR count). The Labute approximate surface area is 104 Å². The predicted octanol–water partition coefficient (Wildman–Crippen LogP) is 4.07. The molecule has 5 heteroatoms. The van der Waals surface area contributed by atoms with Crippen LogP contribution in [0.4, 0.5) is 5.13 Å². The van der Waals surface area contributed by atoms with Gasteiger partial charge >= 0.3 is 0 Å². The van der Waals surface area contributed by atoms with Crippen molar-refractivity contribution in [3.63, 3.8) is 0 Å². The topological polar surface area (TPSA) is 37.8 Å². The molecule has 1 heterocycles. The lowest BCUT2D eigenvalue weighted by Gasteiger charge is -2.01. The van der Waals surface area contributed by atoms with Crippen LogP contribution in [0.3, 0.4) is 0 Å². The van der Waals surface area contributed by atoms with Crippen molar-refractivity contribution in [3.8, 4) is 0 Å². The third-order valence-electron chi connectivity index (χ3n) is 2.21. The van der Waals surface area contributed by atoms with E-state index in [0.717, 1.165) is 15.6 Å². The second-order valence-corrected chi connectivity index (χ2v) is 5.81. The molecule has 1 aromatic rings. The SMILES string of the molecule is CCCCCCCCNc1nnc(Br)s1. The normalized spacial score (nSPS) is 10.5. The van der Waals surface area contributed by atoms with Crippen LogP contribution in [0.2, 0.25) is 0 Å². The fraction of sp³-hybridized carbons (Fsp3) is 0.800. The second-order valence-electron chi connectivity index (χ2n) is 3.55. The number of unbranched alkanes of at least 4 members (excludes halogenated alkanes) is 5. The molecule has 0 aromatic carbocycles. The lowest BCUT2D eigenvalue weighted by atomic mass is 10.1. The molecule has 86 valence electrons. The number of hydrogen-bond donors (Lipinski definition) is 1.